The largest absolute Gasteiger partial charge is 0.356 e. The quantitative estimate of drug-likeness (QED) is 0.506. The van der Waals surface area contributed by atoms with Gasteiger partial charge >= 0.3 is 0 Å². The average molecular weight is 353 g/mol. The van der Waals surface area contributed by atoms with E-state index in [1.54, 1.807) is 23.9 Å². The van der Waals surface area contributed by atoms with E-state index in [2.05, 4.69) is 27.6 Å². The first-order valence-corrected chi connectivity index (χ1v) is 9.13. The molecule has 25 heavy (non-hydrogen) atoms. The molecule has 1 aromatic heterocycles. The number of carbonyl (C=O) groups excluding carboxylic acids is 1. The van der Waals surface area contributed by atoms with E-state index in [1.807, 2.05) is 30.3 Å². The number of H-pyrrole nitrogens is 1. The number of fused-ring (bicyclic) bond motifs is 1. The minimum absolute atomic E-state index is 0.0885. The van der Waals surface area contributed by atoms with E-state index in [0.29, 0.717) is 17.6 Å². The Labute approximate surface area is 149 Å². The van der Waals surface area contributed by atoms with E-state index in [1.165, 1.54) is 4.90 Å². The van der Waals surface area contributed by atoms with E-state index in [-0.39, 0.29) is 17.9 Å². The van der Waals surface area contributed by atoms with Gasteiger partial charge in [-0.1, -0.05) is 36.4 Å². The summed E-state index contributed by atoms with van der Waals surface area (Å²) < 4.78 is 0. The van der Waals surface area contributed by atoms with Crippen LogP contribution >= 0.6 is 11.8 Å². The summed E-state index contributed by atoms with van der Waals surface area (Å²) in [4.78, 5) is 25.1. The number of thioether (sulfide) groups is 1. The highest BCUT2D eigenvalue weighted by Gasteiger charge is 2.10. The van der Waals surface area contributed by atoms with Gasteiger partial charge in [0.05, 0.1) is 17.5 Å². The van der Waals surface area contributed by atoms with E-state index in [9.17, 15) is 9.59 Å². The van der Waals surface area contributed by atoms with Gasteiger partial charge in [0.2, 0.25) is 5.91 Å². The number of benzene rings is 2. The van der Waals surface area contributed by atoms with E-state index >= 15 is 0 Å². The van der Waals surface area contributed by atoms with E-state index in [0.717, 1.165) is 17.6 Å². The van der Waals surface area contributed by atoms with Crippen molar-refractivity contribution in [1.29, 1.82) is 0 Å². The molecule has 3 rings (SSSR count). The molecule has 0 fully saturated rings. The molecular formula is C19H19N3O2S. The molecule has 5 nitrogen and oxygen atoms in total. The second kappa shape index (κ2) is 8.48. The fraction of sp³-hybridized carbons (Fsp3) is 0.211. The number of rotatable bonds is 7. The predicted octanol–water partition coefficient (Wildman–Crippen LogP) is 2.76. The monoisotopic (exact) mass is 353 g/mol. The molecule has 3 aromatic rings. The lowest BCUT2D eigenvalue weighted by Gasteiger charge is -2.07. The zero-order valence-corrected chi connectivity index (χ0v) is 14.5. The average Bonchev–Trinajstić information content (AvgIpc) is 2.65. The maximum atomic E-state index is 12.1. The molecule has 2 aromatic carbocycles. The van der Waals surface area contributed by atoms with Crippen LogP contribution in [0.4, 0.5) is 0 Å². The van der Waals surface area contributed by atoms with Crippen molar-refractivity contribution in [3.8, 4) is 0 Å². The summed E-state index contributed by atoms with van der Waals surface area (Å²) >= 11 is 1.78. The number of hydrogen-bond acceptors (Lipinski definition) is 4. The van der Waals surface area contributed by atoms with Crippen LogP contribution in [0.5, 0.6) is 0 Å². The van der Waals surface area contributed by atoms with Gasteiger partial charge in [0, 0.05) is 16.8 Å². The van der Waals surface area contributed by atoms with Gasteiger partial charge in [0.1, 0.15) is 0 Å². The van der Waals surface area contributed by atoms with Crippen LogP contribution in [0.3, 0.4) is 0 Å². The first kappa shape index (κ1) is 17.2. The van der Waals surface area contributed by atoms with Crippen LogP contribution in [-0.4, -0.2) is 28.4 Å². The van der Waals surface area contributed by atoms with Crippen LogP contribution in [-0.2, 0) is 11.2 Å². The predicted molar refractivity (Wildman–Crippen MR) is 101 cm³/mol. The summed E-state index contributed by atoms with van der Waals surface area (Å²) in [5.74, 6) is 0.860. The summed E-state index contributed by atoms with van der Waals surface area (Å²) in [5, 5.41) is 10.7. The molecule has 0 atom stereocenters. The number of aromatic nitrogens is 2. The number of nitrogens with zero attached hydrogens (tertiary/aromatic N) is 1. The molecule has 128 valence electrons. The van der Waals surface area contributed by atoms with Gasteiger partial charge in [-0.05, 0) is 30.4 Å². The lowest BCUT2D eigenvalue weighted by molar-refractivity contribution is -0.120. The molecule has 6 heteroatoms. The molecule has 1 amide bonds. The zero-order chi connectivity index (χ0) is 17.5. The Hall–Kier alpha value is -2.60. The SMILES string of the molecule is O=C(Cc1n[nH]c(=O)c2ccccc12)NCCCSc1ccccc1. The molecule has 2 N–H and O–H groups in total. The number of hydrogen-bond donors (Lipinski definition) is 2. The zero-order valence-electron chi connectivity index (χ0n) is 13.7. The fourth-order valence-corrected chi connectivity index (χ4v) is 3.40. The van der Waals surface area contributed by atoms with Gasteiger partial charge in [0.25, 0.3) is 5.56 Å². The van der Waals surface area contributed by atoms with Crippen LogP contribution in [0.1, 0.15) is 12.1 Å². The van der Waals surface area contributed by atoms with Gasteiger partial charge in [-0.15, -0.1) is 11.8 Å². The third-order valence-corrected chi connectivity index (χ3v) is 4.86. The number of aromatic amines is 1. The van der Waals surface area contributed by atoms with Gasteiger partial charge in [-0.3, -0.25) is 9.59 Å². The molecule has 1 heterocycles. The minimum atomic E-state index is -0.238. The van der Waals surface area contributed by atoms with Crippen LogP contribution in [0.25, 0.3) is 10.8 Å². The molecule has 0 aliphatic rings. The van der Waals surface area contributed by atoms with Gasteiger partial charge in [-0.25, -0.2) is 5.10 Å². The second-order valence-corrected chi connectivity index (χ2v) is 6.76. The maximum absolute atomic E-state index is 12.1. The van der Waals surface area contributed by atoms with Gasteiger partial charge < -0.3 is 5.32 Å². The lowest BCUT2D eigenvalue weighted by Crippen LogP contribution is -2.27. The number of carbonyl (C=O) groups is 1. The molecule has 0 unspecified atom stereocenters. The summed E-state index contributed by atoms with van der Waals surface area (Å²) in [6.45, 7) is 0.625. The van der Waals surface area contributed by atoms with Crippen molar-refractivity contribution in [2.45, 2.75) is 17.7 Å². The van der Waals surface area contributed by atoms with Crippen molar-refractivity contribution in [3.05, 3.63) is 70.6 Å². The Morgan fingerprint density at radius 3 is 2.56 bits per heavy atom. The maximum Gasteiger partial charge on any atom is 0.272 e. The lowest BCUT2D eigenvalue weighted by atomic mass is 10.1. The molecule has 0 bridgehead atoms. The minimum Gasteiger partial charge on any atom is -0.356 e. The van der Waals surface area contributed by atoms with Crippen LogP contribution < -0.4 is 10.9 Å². The van der Waals surface area contributed by atoms with Gasteiger partial charge in [0.15, 0.2) is 0 Å². The van der Waals surface area contributed by atoms with Crippen molar-refractivity contribution >= 4 is 28.4 Å². The Bertz CT molecular complexity index is 909. The number of nitrogens with one attached hydrogen (secondary N) is 2. The van der Waals surface area contributed by atoms with Crippen LogP contribution in [0, 0.1) is 0 Å². The van der Waals surface area contributed by atoms with Crippen molar-refractivity contribution < 1.29 is 4.79 Å². The first-order valence-electron chi connectivity index (χ1n) is 8.15. The molecule has 0 aliphatic carbocycles. The second-order valence-electron chi connectivity index (χ2n) is 5.59. The van der Waals surface area contributed by atoms with Crippen molar-refractivity contribution in [1.82, 2.24) is 15.5 Å². The van der Waals surface area contributed by atoms with Crippen LogP contribution in [0.2, 0.25) is 0 Å². The van der Waals surface area contributed by atoms with Crippen molar-refractivity contribution in [2.75, 3.05) is 12.3 Å². The molecule has 0 spiro atoms. The van der Waals surface area contributed by atoms with E-state index in [4.69, 9.17) is 0 Å². The Morgan fingerprint density at radius 2 is 1.76 bits per heavy atom. The van der Waals surface area contributed by atoms with Gasteiger partial charge in [-0.2, -0.15) is 5.10 Å². The fourth-order valence-electron chi connectivity index (χ4n) is 2.53. The third-order valence-electron chi connectivity index (χ3n) is 3.76. The number of amides is 1. The summed E-state index contributed by atoms with van der Waals surface area (Å²) in [5.41, 5.74) is 0.351. The summed E-state index contributed by atoms with van der Waals surface area (Å²) in [7, 11) is 0. The first-order chi connectivity index (χ1) is 12.2. The molecule has 0 saturated heterocycles. The molecular weight excluding hydrogens is 334 g/mol. The Morgan fingerprint density at radius 1 is 1.04 bits per heavy atom. The highest BCUT2D eigenvalue weighted by Crippen LogP contribution is 2.17. The summed E-state index contributed by atoms with van der Waals surface area (Å²) in [6, 6.07) is 17.4. The van der Waals surface area contributed by atoms with Crippen LogP contribution in [0.15, 0.2) is 64.3 Å². The third kappa shape index (κ3) is 4.70. The van der Waals surface area contributed by atoms with E-state index < -0.39 is 0 Å². The summed E-state index contributed by atoms with van der Waals surface area (Å²) in [6.07, 6.45) is 1.05. The Kier molecular flexibility index (Phi) is 5.85. The van der Waals surface area contributed by atoms with Crippen molar-refractivity contribution in [3.63, 3.8) is 0 Å². The Balaban J connectivity index is 1.48. The smallest absolute Gasteiger partial charge is 0.272 e. The topological polar surface area (TPSA) is 74.8 Å². The highest BCUT2D eigenvalue weighted by molar-refractivity contribution is 7.99. The molecule has 0 radical (unpaired) electrons. The standard InChI is InChI=1S/C19H19N3O2S/c23-18(20-11-6-12-25-14-7-2-1-3-8-14)13-17-15-9-4-5-10-16(15)19(24)22-21-17/h1-5,7-10H,6,11-13H2,(H,20,23)(H,22,24). The highest BCUT2D eigenvalue weighted by atomic mass is 32.2. The van der Waals surface area contributed by atoms with Crippen molar-refractivity contribution in [2.24, 2.45) is 0 Å². The molecule has 0 aliphatic heterocycles. The normalized spacial score (nSPS) is 10.7. The molecule has 0 saturated carbocycles.